The van der Waals surface area contributed by atoms with Crippen molar-refractivity contribution in [3.8, 4) is 11.8 Å². The Labute approximate surface area is 151 Å². The fourth-order valence-corrected chi connectivity index (χ4v) is 3.01. The maximum Gasteiger partial charge on any atom is 0.328 e. The number of hydrogen-bond donors (Lipinski definition) is 0. The average molecular weight is 350 g/mol. The van der Waals surface area contributed by atoms with E-state index in [1.165, 1.54) is 12.0 Å². The maximum atomic E-state index is 12.6. The van der Waals surface area contributed by atoms with Gasteiger partial charge in [0.1, 0.15) is 24.4 Å². The summed E-state index contributed by atoms with van der Waals surface area (Å²) in [6, 6.07) is 15.1. The number of benzene rings is 2. The highest BCUT2D eigenvalue weighted by atomic mass is 16.5. The number of fused-ring (bicyclic) bond motifs is 1. The summed E-state index contributed by atoms with van der Waals surface area (Å²) in [6.45, 7) is 1.93. The van der Waals surface area contributed by atoms with Gasteiger partial charge in [0, 0.05) is 11.1 Å². The Balaban J connectivity index is 1.85. The number of carbonyl (C=O) groups is 2. The zero-order chi connectivity index (χ0) is 18.7. The minimum absolute atomic E-state index is 0.362. The molecule has 3 rings (SSSR count). The third-order valence-corrected chi connectivity index (χ3v) is 4.39. The Hall–Kier alpha value is -3.33. The molecule has 0 fully saturated rings. The van der Waals surface area contributed by atoms with E-state index in [1.807, 2.05) is 30.3 Å². The molecule has 1 heterocycles. The van der Waals surface area contributed by atoms with Gasteiger partial charge in [0.15, 0.2) is 0 Å². The van der Waals surface area contributed by atoms with Crippen molar-refractivity contribution in [1.29, 1.82) is 5.26 Å². The molecular formula is C20H18N2O4. The molecule has 2 aromatic carbocycles. The molecule has 1 aliphatic heterocycles. The van der Waals surface area contributed by atoms with E-state index in [0.717, 1.165) is 5.56 Å². The molecule has 0 aromatic heterocycles. The van der Waals surface area contributed by atoms with Gasteiger partial charge in [-0.25, -0.2) is 4.79 Å². The quantitative estimate of drug-likeness (QED) is 0.775. The molecule has 132 valence electrons. The van der Waals surface area contributed by atoms with Gasteiger partial charge >= 0.3 is 5.97 Å². The van der Waals surface area contributed by atoms with Crippen molar-refractivity contribution in [1.82, 2.24) is 4.90 Å². The van der Waals surface area contributed by atoms with E-state index in [4.69, 9.17) is 9.47 Å². The fraction of sp³-hybridized carbons (Fsp3) is 0.250. The van der Waals surface area contributed by atoms with Crippen LogP contribution >= 0.6 is 0 Å². The van der Waals surface area contributed by atoms with Crippen LogP contribution in [0.5, 0.6) is 5.75 Å². The van der Waals surface area contributed by atoms with E-state index in [2.05, 4.69) is 6.07 Å². The summed E-state index contributed by atoms with van der Waals surface area (Å²) < 4.78 is 10.5. The summed E-state index contributed by atoms with van der Waals surface area (Å²) in [5.41, 5.74) is 1.96. The van der Waals surface area contributed by atoms with E-state index in [9.17, 15) is 14.9 Å². The monoisotopic (exact) mass is 350 g/mol. The first kappa shape index (κ1) is 17.5. The van der Waals surface area contributed by atoms with Crippen LogP contribution < -0.4 is 4.74 Å². The third-order valence-electron chi connectivity index (χ3n) is 4.39. The summed E-state index contributed by atoms with van der Waals surface area (Å²) in [4.78, 5) is 25.7. The lowest BCUT2D eigenvalue weighted by Gasteiger charge is -2.25. The molecule has 6 heteroatoms. The highest BCUT2D eigenvalue weighted by molar-refractivity contribution is 6.02. The first-order valence-electron chi connectivity index (χ1n) is 8.17. The second kappa shape index (κ2) is 7.28. The number of esters is 1. The smallest absolute Gasteiger partial charge is 0.328 e. The van der Waals surface area contributed by atoms with Gasteiger partial charge in [0.05, 0.1) is 13.2 Å². The Morgan fingerprint density at radius 3 is 2.65 bits per heavy atom. The molecule has 26 heavy (non-hydrogen) atoms. The molecule has 0 saturated heterocycles. The summed E-state index contributed by atoms with van der Waals surface area (Å²) in [7, 11) is 1.25. The van der Waals surface area contributed by atoms with Crippen molar-refractivity contribution in [3.05, 3.63) is 65.2 Å². The lowest BCUT2D eigenvalue weighted by molar-refractivity contribution is -0.145. The summed E-state index contributed by atoms with van der Waals surface area (Å²) in [5, 5.41) is 9.57. The van der Waals surface area contributed by atoms with Crippen molar-refractivity contribution in [2.45, 2.75) is 25.6 Å². The van der Waals surface area contributed by atoms with E-state index in [-0.39, 0.29) is 5.91 Å². The van der Waals surface area contributed by atoms with Gasteiger partial charge in [-0.1, -0.05) is 30.3 Å². The highest BCUT2D eigenvalue weighted by Crippen LogP contribution is 2.37. The van der Waals surface area contributed by atoms with Crippen molar-refractivity contribution >= 4 is 11.9 Å². The SMILES string of the molecule is COC(=O)C(C)N1C(=O)c2ccc(OCc3ccccc3)cc2C1C#N. The molecule has 0 saturated carbocycles. The van der Waals surface area contributed by atoms with E-state index >= 15 is 0 Å². The Morgan fingerprint density at radius 1 is 1.27 bits per heavy atom. The molecule has 1 aliphatic rings. The molecule has 2 unspecified atom stereocenters. The van der Waals surface area contributed by atoms with Gasteiger partial charge < -0.3 is 14.4 Å². The largest absolute Gasteiger partial charge is 0.489 e. The van der Waals surface area contributed by atoms with Crippen molar-refractivity contribution in [2.75, 3.05) is 7.11 Å². The van der Waals surface area contributed by atoms with Gasteiger partial charge in [-0.2, -0.15) is 5.26 Å². The Bertz CT molecular complexity index is 873. The number of carbonyl (C=O) groups excluding carboxylic acids is 2. The van der Waals surface area contributed by atoms with Gasteiger partial charge in [-0.15, -0.1) is 0 Å². The van der Waals surface area contributed by atoms with Gasteiger partial charge in [0.25, 0.3) is 5.91 Å². The molecule has 0 spiro atoms. The van der Waals surface area contributed by atoms with Crippen LogP contribution in [0.15, 0.2) is 48.5 Å². The Kier molecular flexibility index (Phi) is 4.90. The van der Waals surface area contributed by atoms with E-state index < -0.39 is 18.1 Å². The zero-order valence-corrected chi connectivity index (χ0v) is 14.5. The first-order chi connectivity index (χ1) is 12.6. The first-order valence-corrected chi connectivity index (χ1v) is 8.17. The van der Waals surface area contributed by atoms with Crippen molar-refractivity contribution < 1.29 is 19.1 Å². The standard InChI is InChI=1S/C20H18N2O4/c1-13(20(24)25-2)22-18(11-21)17-10-15(8-9-16(17)19(22)23)26-12-14-6-4-3-5-7-14/h3-10,13,18H,12H2,1-2H3. The molecule has 0 N–H and O–H groups in total. The molecule has 2 atom stereocenters. The van der Waals surface area contributed by atoms with Crippen LogP contribution in [-0.2, 0) is 16.1 Å². The summed E-state index contributed by atoms with van der Waals surface area (Å²) in [6.07, 6.45) is 0. The molecule has 2 aromatic rings. The molecule has 0 radical (unpaired) electrons. The van der Waals surface area contributed by atoms with Crippen molar-refractivity contribution in [3.63, 3.8) is 0 Å². The van der Waals surface area contributed by atoms with Crippen molar-refractivity contribution in [2.24, 2.45) is 0 Å². The number of nitriles is 1. The number of hydrogen-bond acceptors (Lipinski definition) is 5. The molecule has 0 bridgehead atoms. The van der Waals surface area contributed by atoms with Gasteiger partial charge in [0.2, 0.25) is 0 Å². The zero-order valence-electron chi connectivity index (χ0n) is 14.5. The van der Waals surface area contributed by atoms with Crippen LogP contribution in [0.25, 0.3) is 0 Å². The Morgan fingerprint density at radius 2 is 2.00 bits per heavy atom. The van der Waals surface area contributed by atoms with Gasteiger partial charge in [-0.05, 0) is 30.7 Å². The molecule has 0 aliphatic carbocycles. The third kappa shape index (κ3) is 3.11. The van der Waals surface area contributed by atoms with Crippen LogP contribution in [0, 0.1) is 11.3 Å². The predicted octanol–water partition coefficient (Wildman–Crippen LogP) is 2.85. The number of ether oxygens (including phenoxy) is 2. The average Bonchev–Trinajstić information content (AvgIpc) is 2.97. The summed E-state index contributed by atoms with van der Waals surface area (Å²) >= 11 is 0. The minimum atomic E-state index is -0.855. The van der Waals surface area contributed by atoms with Crippen LogP contribution in [0.4, 0.5) is 0 Å². The van der Waals surface area contributed by atoms with E-state index in [0.29, 0.717) is 23.5 Å². The van der Waals surface area contributed by atoms with Gasteiger partial charge in [-0.3, -0.25) is 4.79 Å². The van der Waals surface area contributed by atoms with Crippen LogP contribution in [0.1, 0.15) is 34.5 Å². The highest BCUT2D eigenvalue weighted by Gasteiger charge is 2.42. The molecule has 6 nitrogen and oxygen atoms in total. The van der Waals surface area contributed by atoms with E-state index in [1.54, 1.807) is 25.1 Å². The lowest BCUT2D eigenvalue weighted by atomic mass is 10.0. The predicted molar refractivity (Wildman–Crippen MR) is 93.2 cm³/mol. The topological polar surface area (TPSA) is 79.6 Å². The normalized spacial score (nSPS) is 16.6. The lowest BCUT2D eigenvalue weighted by Crippen LogP contribution is -2.41. The fourth-order valence-electron chi connectivity index (χ4n) is 3.01. The number of amides is 1. The number of nitrogens with zero attached hydrogens (tertiary/aromatic N) is 2. The van der Waals surface area contributed by atoms with Crippen LogP contribution in [0.3, 0.4) is 0 Å². The second-order valence-corrected chi connectivity index (χ2v) is 5.97. The van der Waals surface area contributed by atoms with Crippen LogP contribution in [0.2, 0.25) is 0 Å². The van der Waals surface area contributed by atoms with Crippen LogP contribution in [-0.4, -0.2) is 29.9 Å². The molecule has 1 amide bonds. The molecular weight excluding hydrogens is 332 g/mol. The second-order valence-electron chi connectivity index (χ2n) is 5.97. The summed E-state index contributed by atoms with van der Waals surface area (Å²) in [5.74, 6) is -0.362. The number of rotatable bonds is 5. The number of methoxy groups -OCH3 is 1. The minimum Gasteiger partial charge on any atom is -0.489 e. The maximum absolute atomic E-state index is 12.6.